The summed E-state index contributed by atoms with van der Waals surface area (Å²) in [6.45, 7) is 12.6. The maximum Gasteiger partial charge on any atom is 0.410 e. The molecule has 2 rings (SSSR count). The number of nitrogens with zero attached hydrogens (tertiary/aromatic N) is 1. The van der Waals surface area contributed by atoms with Gasteiger partial charge in [0.15, 0.2) is 0 Å². The molecule has 0 saturated carbocycles. The lowest BCUT2D eigenvalue weighted by Crippen LogP contribution is -2.44. The average molecular weight is 332 g/mol. The number of amides is 1. The molecule has 4 heteroatoms. The van der Waals surface area contributed by atoms with E-state index >= 15 is 0 Å². The Bertz CT molecular complexity index is 532. The number of rotatable bonds is 4. The van der Waals surface area contributed by atoms with Crippen LogP contribution in [0.1, 0.15) is 58.9 Å². The highest BCUT2D eigenvalue weighted by molar-refractivity contribution is 5.68. The van der Waals surface area contributed by atoms with Crippen molar-refractivity contribution in [1.29, 1.82) is 0 Å². The summed E-state index contributed by atoms with van der Waals surface area (Å²) in [5, 5.41) is 3.51. The monoisotopic (exact) mass is 332 g/mol. The summed E-state index contributed by atoms with van der Waals surface area (Å²) in [6.07, 6.45) is 2.00. The number of carbonyl (C=O) groups excluding carboxylic acids is 1. The molecule has 1 aromatic carbocycles. The molecule has 0 aromatic heterocycles. The van der Waals surface area contributed by atoms with Gasteiger partial charge < -0.3 is 15.0 Å². The molecule has 0 aliphatic carbocycles. The number of carbonyl (C=O) groups is 1. The van der Waals surface area contributed by atoms with E-state index in [1.54, 1.807) is 0 Å². The van der Waals surface area contributed by atoms with Crippen molar-refractivity contribution in [2.45, 2.75) is 59.0 Å². The van der Waals surface area contributed by atoms with Gasteiger partial charge in [0, 0.05) is 25.3 Å². The van der Waals surface area contributed by atoms with Gasteiger partial charge in [-0.15, -0.1) is 0 Å². The van der Waals surface area contributed by atoms with Crippen LogP contribution in [0.2, 0.25) is 0 Å². The van der Waals surface area contributed by atoms with Crippen LogP contribution in [0.25, 0.3) is 0 Å². The molecule has 1 atom stereocenters. The normalized spacial score (nSPS) is 18.6. The Morgan fingerprint density at radius 1 is 1.29 bits per heavy atom. The van der Waals surface area contributed by atoms with Gasteiger partial charge in [-0.2, -0.15) is 0 Å². The second kappa shape index (κ2) is 7.91. The van der Waals surface area contributed by atoms with Crippen LogP contribution in [0.3, 0.4) is 0 Å². The van der Waals surface area contributed by atoms with Crippen molar-refractivity contribution in [3.8, 4) is 0 Å². The summed E-state index contributed by atoms with van der Waals surface area (Å²) in [5.41, 5.74) is 2.07. The van der Waals surface area contributed by atoms with E-state index in [4.69, 9.17) is 4.74 Å². The van der Waals surface area contributed by atoms with Crippen LogP contribution in [-0.2, 0) is 4.74 Å². The molecule has 1 fully saturated rings. The van der Waals surface area contributed by atoms with Crippen molar-refractivity contribution < 1.29 is 9.53 Å². The first-order valence-electron chi connectivity index (χ1n) is 9.06. The molecule has 0 spiro atoms. The SMILES string of the molecule is CC(C)c1ccc(NCC2CCCN(C(=O)OC(C)(C)C)C2)cc1. The largest absolute Gasteiger partial charge is 0.444 e. The standard InChI is InChI=1S/C20H32N2O2/c1-15(2)17-8-10-18(11-9-17)21-13-16-7-6-12-22(14-16)19(23)24-20(3,4)5/h8-11,15-16,21H,6-7,12-14H2,1-5H3. The molecule has 4 nitrogen and oxygen atoms in total. The Labute approximate surface area is 146 Å². The van der Waals surface area contributed by atoms with Crippen molar-refractivity contribution in [3.05, 3.63) is 29.8 Å². The van der Waals surface area contributed by atoms with Crippen LogP contribution >= 0.6 is 0 Å². The number of hydrogen-bond donors (Lipinski definition) is 1. The Kier molecular flexibility index (Phi) is 6.14. The molecule has 1 saturated heterocycles. The van der Waals surface area contributed by atoms with Crippen LogP contribution in [0, 0.1) is 5.92 Å². The Hall–Kier alpha value is -1.71. The molecule has 1 amide bonds. The van der Waals surface area contributed by atoms with E-state index in [1.165, 1.54) is 5.56 Å². The quantitative estimate of drug-likeness (QED) is 0.855. The van der Waals surface area contributed by atoms with Crippen molar-refractivity contribution in [2.75, 3.05) is 25.0 Å². The highest BCUT2D eigenvalue weighted by Gasteiger charge is 2.27. The maximum atomic E-state index is 12.2. The van der Waals surface area contributed by atoms with E-state index in [-0.39, 0.29) is 6.09 Å². The molecular weight excluding hydrogens is 300 g/mol. The van der Waals surface area contributed by atoms with Gasteiger partial charge in [-0.3, -0.25) is 0 Å². The number of piperidine rings is 1. The first-order valence-corrected chi connectivity index (χ1v) is 9.06. The van der Waals surface area contributed by atoms with Gasteiger partial charge in [0.1, 0.15) is 5.60 Å². The first kappa shape index (κ1) is 18.6. The third-order valence-electron chi connectivity index (χ3n) is 4.34. The number of hydrogen-bond acceptors (Lipinski definition) is 3. The predicted molar refractivity (Wildman–Crippen MR) is 99.6 cm³/mol. The van der Waals surface area contributed by atoms with E-state index < -0.39 is 5.60 Å². The molecule has 1 aliphatic heterocycles. The first-order chi connectivity index (χ1) is 11.2. The van der Waals surface area contributed by atoms with Gasteiger partial charge in [0.25, 0.3) is 0 Å². The van der Waals surface area contributed by atoms with Crippen molar-refractivity contribution >= 4 is 11.8 Å². The van der Waals surface area contributed by atoms with Crippen LogP contribution in [0.5, 0.6) is 0 Å². The molecule has 1 aromatic rings. The number of nitrogens with one attached hydrogen (secondary N) is 1. The minimum absolute atomic E-state index is 0.187. The van der Waals surface area contributed by atoms with Crippen molar-refractivity contribution in [1.82, 2.24) is 4.90 Å². The summed E-state index contributed by atoms with van der Waals surface area (Å²) in [5.74, 6) is 1.02. The van der Waals surface area contributed by atoms with Crippen molar-refractivity contribution in [2.24, 2.45) is 5.92 Å². The van der Waals surface area contributed by atoms with Gasteiger partial charge in [-0.25, -0.2) is 4.79 Å². The van der Waals surface area contributed by atoms with Gasteiger partial charge in [-0.05, 0) is 63.1 Å². The van der Waals surface area contributed by atoms with Crippen LogP contribution < -0.4 is 5.32 Å². The van der Waals surface area contributed by atoms with Gasteiger partial charge in [0.05, 0.1) is 0 Å². The zero-order valence-corrected chi connectivity index (χ0v) is 15.8. The fraction of sp³-hybridized carbons (Fsp3) is 0.650. The van der Waals surface area contributed by atoms with Crippen LogP contribution in [-0.4, -0.2) is 36.2 Å². The lowest BCUT2D eigenvalue weighted by Gasteiger charge is -2.34. The second-order valence-corrected chi connectivity index (χ2v) is 8.09. The highest BCUT2D eigenvalue weighted by Crippen LogP contribution is 2.21. The predicted octanol–water partition coefficient (Wildman–Crippen LogP) is 4.87. The van der Waals surface area contributed by atoms with Crippen molar-refractivity contribution in [3.63, 3.8) is 0 Å². The van der Waals surface area contributed by atoms with E-state index in [0.717, 1.165) is 38.2 Å². The number of anilines is 1. The topological polar surface area (TPSA) is 41.6 Å². The molecule has 0 bridgehead atoms. The summed E-state index contributed by atoms with van der Waals surface area (Å²) in [6, 6.07) is 8.65. The maximum absolute atomic E-state index is 12.2. The molecule has 1 heterocycles. The zero-order chi connectivity index (χ0) is 17.7. The number of benzene rings is 1. The number of likely N-dealkylation sites (tertiary alicyclic amines) is 1. The molecule has 1 unspecified atom stereocenters. The lowest BCUT2D eigenvalue weighted by atomic mass is 9.98. The van der Waals surface area contributed by atoms with E-state index in [2.05, 4.69) is 43.4 Å². The number of ether oxygens (including phenoxy) is 1. The third-order valence-corrected chi connectivity index (χ3v) is 4.34. The van der Waals surface area contributed by atoms with E-state index in [0.29, 0.717) is 11.8 Å². The molecule has 134 valence electrons. The fourth-order valence-corrected chi connectivity index (χ4v) is 2.97. The van der Waals surface area contributed by atoms with Crippen LogP contribution in [0.4, 0.5) is 10.5 Å². The van der Waals surface area contributed by atoms with Gasteiger partial charge in [0.2, 0.25) is 0 Å². The molecule has 24 heavy (non-hydrogen) atoms. The highest BCUT2D eigenvalue weighted by atomic mass is 16.6. The lowest BCUT2D eigenvalue weighted by molar-refractivity contribution is 0.0172. The summed E-state index contributed by atoms with van der Waals surface area (Å²) >= 11 is 0. The smallest absolute Gasteiger partial charge is 0.410 e. The summed E-state index contributed by atoms with van der Waals surface area (Å²) < 4.78 is 5.49. The van der Waals surface area contributed by atoms with E-state index in [1.807, 2.05) is 25.7 Å². The Balaban J connectivity index is 1.83. The zero-order valence-electron chi connectivity index (χ0n) is 15.8. The summed E-state index contributed by atoms with van der Waals surface area (Å²) in [4.78, 5) is 14.1. The molecular formula is C20H32N2O2. The summed E-state index contributed by atoms with van der Waals surface area (Å²) in [7, 11) is 0. The van der Waals surface area contributed by atoms with Gasteiger partial charge >= 0.3 is 6.09 Å². The molecule has 1 aliphatic rings. The average Bonchev–Trinajstić information content (AvgIpc) is 2.52. The van der Waals surface area contributed by atoms with Crippen LogP contribution in [0.15, 0.2) is 24.3 Å². The third kappa shape index (κ3) is 5.73. The van der Waals surface area contributed by atoms with E-state index in [9.17, 15) is 4.79 Å². The Morgan fingerprint density at radius 2 is 1.96 bits per heavy atom. The minimum atomic E-state index is -0.430. The fourth-order valence-electron chi connectivity index (χ4n) is 2.97. The Morgan fingerprint density at radius 3 is 2.54 bits per heavy atom. The second-order valence-electron chi connectivity index (χ2n) is 8.09. The van der Waals surface area contributed by atoms with Gasteiger partial charge in [-0.1, -0.05) is 26.0 Å². The minimum Gasteiger partial charge on any atom is -0.444 e. The molecule has 0 radical (unpaired) electrons. The molecule has 1 N–H and O–H groups in total.